The fraction of sp³-hybridized carbons (Fsp3) is 0.562. The van der Waals surface area contributed by atoms with E-state index in [0.29, 0.717) is 12.5 Å². The van der Waals surface area contributed by atoms with Gasteiger partial charge in [-0.15, -0.1) is 0 Å². The summed E-state index contributed by atoms with van der Waals surface area (Å²) in [4.78, 5) is 0. The number of benzene rings is 1. The number of ether oxygens (including phenoxy) is 1. The zero-order chi connectivity index (χ0) is 14.1. The summed E-state index contributed by atoms with van der Waals surface area (Å²) in [5.74, 6) is 1.48. The van der Waals surface area contributed by atoms with Crippen LogP contribution in [0.3, 0.4) is 0 Å². The van der Waals surface area contributed by atoms with Gasteiger partial charge in [-0.05, 0) is 43.0 Å². The molecule has 0 bridgehead atoms. The third-order valence-electron chi connectivity index (χ3n) is 2.86. The van der Waals surface area contributed by atoms with Gasteiger partial charge in [0.05, 0.1) is 12.7 Å². The van der Waals surface area contributed by atoms with E-state index in [2.05, 4.69) is 32.2 Å². The highest BCUT2D eigenvalue weighted by molar-refractivity contribution is 5.33. The largest absolute Gasteiger partial charge is 0.494 e. The van der Waals surface area contributed by atoms with Crippen LogP contribution >= 0.6 is 0 Å². The van der Waals surface area contributed by atoms with Gasteiger partial charge >= 0.3 is 0 Å². The van der Waals surface area contributed by atoms with E-state index < -0.39 is 0 Å². The number of hydrogen-bond donors (Lipinski definition) is 1. The lowest BCUT2D eigenvalue weighted by atomic mass is 10.1. The predicted molar refractivity (Wildman–Crippen MR) is 78.0 cm³/mol. The van der Waals surface area contributed by atoms with Gasteiger partial charge in [0.2, 0.25) is 0 Å². The van der Waals surface area contributed by atoms with E-state index in [-0.39, 0.29) is 6.04 Å². The average molecular weight is 260 g/mol. The van der Waals surface area contributed by atoms with Gasteiger partial charge in [-0.2, -0.15) is 5.26 Å². The average Bonchev–Trinajstić information content (AvgIpc) is 2.41. The van der Waals surface area contributed by atoms with Gasteiger partial charge in [0.1, 0.15) is 11.8 Å². The van der Waals surface area contributed by atoms with Crippen LogP contribution < -0.4 is 10.1 Å². The fourth-order valence-electron chi connectivity index (χ4n) is 1.76. The summed E-state index contributed by atoms with van der Waals surface area (Å²) in [5, 5.41) is 12.5. The van der Waals surface area contributed by atoms with E-state index >= 15 is 0 Å². The Kier molecular flexibility index (Phi) is 6.99. The topological polar surface area (TPSA) is 45.0 Å². The summed E-state index contributed by atoms with van der Waals surface area (Å²) in [6, 6.07) is 9.84. The summed E-state index contributed by atoms with van der Waals surface area (Å²) in [6.45, 7) is 8.01. The molecule has 3 nitrogen and oxygen atoms in total. The molecule has 1 atom stereocenters. The van der Waals surface area contributed by atoms with E-state index in [1.807, 2.05) is 24.3 Å². The van der Waals surface area contributed by atoms with E-state index in [1.54, 1.807) is 0 Å². The first kappa shape index (κ1) is 15.5. The third kappa shape index (κ3) is 5.76. The van der Waals surface area contributed by atoms with Gasteiger partial charge in [-0.25, -0.2) is 0 Å². The molecule has 0 saturated carbocycles. The van der Waals surface area contributed by atoms with Crippen LogP contribution in [0.4, 0.5) is 0 Å². The van der Waals surface area contributed by atoms with Crippen molar-refractivity contribution in [1.82, 2.24) is 5.32 Å². The van der Waals surface area contributed by atoms with E-state index in [9.17, 15) is 5.26 Å². The molecule has 104 valence electrons. The maximum Gasteiger partial charge on any atom is 0.121 e. The molecular formula is C16H24N2O. The SMILES string of the molecule is CCCOc1cccc(C(C#N)NCCC(C)C)c1. The molecule has 0 aliphatic carbocycles. The van der Waals surface area contributed by atoms with E-state index in [1.165, 1.54) is 0 Å². The lowest BCUT2D eigenvalue weighted by Crippen LogP contribution is -2.22. The van der Waals surface area contributed by atoms with Crippen molar-refractivity contribution in [3.05, 3.63) is 29.8 Å². The number of nitrogens with zero attached hydrogens (tertiary/aromatic N) is 1. The molecule has 0 fully saturated rings. The molecule has 3 heteroatoms. The molecule has 1 rings (SSSR count). The van der Waals surface area contributed by atoms with Gasteiger partial charge < -0.3 is 4.74 Å². The monoisotopic (exact) mass is 260 g/mol. The van der Waals surface area contributed by atoms with Crippen LogP contribution in [0.15, 0.2) is 24.3 Å². The first-order valence-corrected chi connectivity index (χ1v) is 7.03. The van der Waals surface area contributed by atoms with Crippen LogP contribution in [-0.4, -0.2) is 13.2 Å². The molecule has 1 aromatic carbocycles. The molecule has 0 heterocycles. The summed E-state index contributed by atoms with van der Waals surface area (Å²) in [5.41, 5.74) is 0.972. The zero-order valence-electron chi connectivity index (χ0n) is 12.1. The Morgan fingerprint density at radius 1 is 1.37 bits per heavy atom. The quantitative estimate of drug-likeness (QED) is 0.775. The van der Waals surface area contributed by atoms with Gasteiger partial charge in [-0.1, -0.05) is 32.9 Å². The summed E-state index contributed by atoms with van der Waals surface area (Å²) in [7, 11) is 0. The minimum atomic E-state index is -0.260. The van der Waals surface area contributed by atoms with Gasteiger partial charge in [-0.3, -0.25) is 5.32 Å². The van der Waals surface area contributed by atoms with Gasteiger partial charge in [0.25, 0.3) is 0 Å². The van der Waals surface area contributed by atoms with Crippen LogP contribution in [0, 0.1) is 17.2 Å². The van der Waals surface area contributed by atoms with Crippen molar-refractivity contribution >= 4 is 0 Å². The second-order valence-corrected chi connectivity index (χ2v) is 5.12. The molecule has 0 aliphatic rings. The highest BCUT2D eigenvalue weighted by atomic mass is 16.5. The molecule has 0 spiro atoms. The highest BCUT2D eigenvalue weighted by Gasteiger charge is 2.10. The number of rotatable bonds is 8. The lowest BCUT2D eigenvalue weighted by Gasteiger charge is -2.14. The maximum atomic E-state index is 9.26. The molecule has 0 aliphatic heterocycles. The van der Waals surface area contributed by atoms with Crippen molar-refractivity contribution in [2.75, 3.05) is 13.2 Å². The molecule has 1 aromatic rings. The van der Waals surface area contributed by atoms with Crippen LogP contribution in [-0.2, 0) is 0 Å². The van der Waals surface area contributed by atoms with Crippen LogP contribution in [0.25, 0.3) is 0 Å². The Morgan fingerprint density at radius 2 is 2.16 bits per heavy atom. The molecule has 1 N–H and O–H groups in total. The van der Waals surface area contributed by atoms with Crippen LogP contribution in [0.2, 0.25) is 0 Å². The van der Waals surface area contributed by atoms with E-state index in [0.717, 1.165) is 30.7 Å². The van der Waals surface area contributed by atoms with Crippen molar-refractivity contribution < 1.29 is 4.74 Å². The molecule has 0 saturated heterocycles. The molecular weight excluding hydrogens is 236 g/mol. The Hall–Kier alpha value is -1.53. The minimum Gasteiger partial charge on any atom is -0.494 e. The maximum absolute atomic E-state index is 9.26. The molecule has 0 aromatic heterocycles. The Balaban J connectivity index is 2.62. The summed E-state index contributed by atoms with van der Waals surface area (Å²) in [6.07, 6.45) is 2.06. The Bertz CT molecular complexity index is 409. The number of hydrogen-bond acceptors (Lipinski definition) is 3. The Labute approximate surface area is 116 Å². The third-order valence-corrected chi connectivity index (χ3v) is 2.86. The summed E-state index contributed by atoms with van der Waals surface area (Å²) < 4.78 is 5.60. The highest BCUT2D eigenvalue weighted by Crippen LogP contribution is 2.19. The van der Waals surface area contributed by atoms with Crippen molar-refractivity contribution in [2.24, 2.45) is 5.92 Å². The van der Waals surface area contributed by atoms with Crippen LogP contribution in [0.1, 0.15) is 45.2 Å². The number of nitrogens with one attached hydrogen (secondary N) is 1. The first-order chi connectivity index (χ1) is 9.17. The van der Waals surface area contributed by atoms with Crippen molar-refractivity contribution in [2.45, 2.75) is 39.7 Å². The van der Waals surface area contributed by atoms with Gasteiger partial charge in [0, 0.05) is 0 Å². The van der Waals surface area contributed by atoms with Crippen molar-refractivity contribution in [3.8, 4) is 11.8 Å². The second kappa shape index (κ2) is 8.55. The fourth-order valence-corrected chi connectivity index (χ4v) is 1.76. The molecule has 1 unspecified atom stereocenters. The second-order valence-electron chi connectivity index (χ2n) is 5.12. The van der Waals surface area contributed by atoms with Gasteiger partial charge in [0.15, 0.2) is 0 Å². The normalized spacial score (nSPS) is 12.2. The molecule has 0 amide bonds. The van der Waals surface area contributed by atoms with Crippen molar-refractivity contribution in [1.29, 1.82) is 5.26 Å². The minimum absolute atomic E-state index is 0.260. The Morgan fingerprint density at radius 3 is 2.79 bits per heavy atom. The standard InChI is InChI=1S/C16H24N2O/c1-4-10-19-15-7-5-6-14(11-15)16(12-17)18-9-8-13(2)3/h5-7,11,13,16,18H,4,8-10H2,1-3H3. The summed E-state index contributed by atoms with van der Waals surface area (Å²) >= 11 is 0. The first-order valence-electron chi connectivity index (χ1n) is 7.03. The predicted octanol–water partition coefficient (Wildman–Crippen LogP) is 3.68. The molecule has 19 heavy (non-hydrogen) atoms. The lowest BCUT2D eigenvalue weighted by molar-refractivity contribution is 0.317. The zero-order valence-corrected chi connectivity index (χ0v) is 12.1. The van der Waals surface area contributed by atoms with Crippen molar-refractivity contribution in [3.63, 3.8) is 0 Å². The van der Waals surface area contributed by atoms with Crippen LogP contribution in [0.5, 0.6) is 5.75 Å². The smallest absolute Gasteiger partial charge is 0.121 e. The number of nitriles is 1. The molecule has 0 radical (unpaired) electrons. The van der Waals surface area contributed by atoms with E-state index in [4.69, 9.17) is 4.74 Å².